The third-order valence-electron chi connectivity index (χ3n) is 3.07. The van der Waals surface area contributed by atoms with Crippen molar-refractivity contribution >= 4 is 0 Å². The Kier molecular flexibility index (Phi) is 2.79. The molecule has 82 valence electrons. The summed E-state index contributed by atoms with van der Waals surface area (Å²) in [5.74, 6) is 0.312. The van der Waals surface area contributed by atoms with Crippen LogP contribution in [0.1, 0.15) is 25.0 Å². The van der Waals surface area contributed by atoms with Gasteiger partial charge in [0.1, 0.15) is 5.82 Å². The first-order valence-electron chi connectivity index (χ1n) is 5.48. The standard InChI is InChI=1S/C13H17FO/c1-8-4-5-11(12(14)6-8)7-9(2)13-10(3)15-13/h4-6,9-10,13H,7H2,1-3H3. The zero-order valence-corrected chi connectivity index (χ0v) is 9.46. The maximum absolute atomic E-state index is 13.6. The lowest BCUT2D eigenvalue weighted by Gasteiger charge is -2.09. The number of benzene rings is 1. The number of ether oxygens (including phenoxy) is 1. The van der Waals surface area contributed by atoms with Crippen LogP contribution in [-0.2, 0) is 11.2 Å². The second-order valence-electron chi connectivity index (χ2n) is 4.58. The van der Waals surface area contributed by atoms with Gasteiger partial charge in [0.05, 0.1) is 12.2 Å². The quantitative estimate of drug-likeness (QED) is 0.695. The molecule has 1 nitrogen and oxygen atoms in total. The van der Waals surface area contributed by atoms with Crippen molar-refractivity contribution < 1.29 is 9.13 Å². The maximum Gasteiger partial charge on any atom is 0.126 e. The van der Waals surface area contributed by atoms with Gasteiger partial charge in [0.15, 0.2) is 0 Å². The number of aryl methyl sites for hydroxylation is 1. The predicted molar refractivity (Wildman–Crippen MR) is 58.3 cm³/mol. The summed E-state index contributed by atoms with van der Waals surface area (Å²) in [7, 11) is 0. The first-order valence-corrected chi connectivity index (χ1v) is 5.48. The molecule has 0 N–H and O–H groups in total. The van der Waals surface area contributed by atoms with Crippen molar-refractivity contribution in [3.05, 3.63) is 35.1 Å². The topological polar surface area (TPSA) is 12.5 Å². The number of epoxide rings is 1. The molecule has 0 aliphatic carbocycles. The Bertz CT molecular complexity index is 362. The van der Waals surface area contributed by atoms with Gasteiger partial charge in [0, 0.05) is 0 Å². The molecule has 0 saturated carbocycles. The van der Waals surface area contributed by atoms with E-state index < -0.39 is 0 Å². The molecule has 1 aliphatic rings. The Morgan fingerprint density at radius 3 is 2.67 bits per heavy atom. The van der Waals surface area contributed by atoms with Gasteiger partial charge in [-0.25, -0.2) is 4.39 Å². The van der Waals surface area contributed by atoms with E-state index >= 15 is 0 Å². The molecule has 3 atom stereocenters. The molecule has 1 aliphatic heterocycles. The van der Waals surface area contributed by atoms with Crippen LogP contribution in [0.2, 0.25) is 0 Å². The van der Waals surface area contributed by atoms with Crippen LogP contribution >= 0.6 is 0 Å². The molecule has 2 heteroatoms. The molecule has 0 spiro atoms. The molecule has 15 heavy (non-hydrogen) atoms. The van der Waals surface area contributed by atoms with Gasteiger partial charge in [-0.15, -0.1) is 0 Å². The fraction of sp³-hybridized carbons (Fsp3) is 0.538. The van der Waals surface area contributed by atoms with E-state index in [-0.39, 0.29) is 5.82 Å². The lowest BCUT2D eigenvalue weighted by Crippen LogP contribution is -2.10. The van der Waals surface area contributed by atoms with Crippen molar-refractivity contribution in [3.8, 4) is 0 Å². The Hall–Kier alpha value is -0.890. The monoisotopic (exact) mass is 208 g/mol. The molecule has 0 amide bonds. The second kappa shape index (κ2) is 3.93. The molecule has 1 aromatic rings. The number of hydrogen-bond donors (Lipinski definition) is 0. The first kappa shape index (κ1) is 10.6. The zero-order chi connectivity index (χ0) is 11.0. The van der Waals surface area contributed by atoms with Gasteiger partial charge in [0.25, 0.3) is 0 Å². The fourth-order valence-corrected chi connectivity index (χ4v) is 2.08. The van der Waals surface area contributed by atoms with Crippen LogP contribution in [0, 0.1) is 18.7 Å². The highest BCUT2D eigenvalue weighted by molar-refractivity contribution is 5.24. The molecule has 0 radical (unpaired) electrons. The van der Waals surface area contributed by atoms with E-state index in [9.17, 15) is 4.39 Å². The summed E-state index contributed by atoms with van der Waals surface area (Å²) in [6.07, 6.45) is 1.44. The normalized spacial score (nSPS) is 26.4. The molecule has 2 rings (SSSR count). The molecule has 0 bridgehead atoms. The van der Waals surface area contributed by atoms with Crippen molar-refractivity contribution in [1.82, 2.24) is 0 Å². The predicted octanol–water partition coefficient (Wildman–Crippen LogP) is 3.10. The molecular weight excluding hydrogens is 191 g/mol. The van der Waals surface area contributed by atoms with Crippen molar-refractivity contribution in [2.75, 3.05) is 0 Å². The number of halogens is 1. The minimum absolute atomic E-state index is 0.0878. The van der Waals surface area contributed by atoms with Crippen LogP contribution in [0.5, 0.6) is 0 Å². The van der Waals surface area contributed by atoms with E-state index in [4.69, 9.17) is 4.74 Å². The van der Waals surface area contributed by atoms with Gasteiger partial charge < -0.3 is 4.74 Å². The summed E-state index contributed by atoms with van der Waals surface area (Å²) >= 11 is 0. The van der Waals surface area contributed by atoms with E-state index in [0.29, 0.717) is 18.1 Å². The minimum atomic E-state index is -0.0878. The summed E-state index contributed by atoms with van der Waals surface area (Å²) in [5, 5.41) is 0. The molecule has 0 aromatic heterocycles. The van der Waals surface area contributed by atoms with E-state index in [2.05, 4.69) is 13.8 Å². The number of rotatable bonds is 3. The van der Waals surface area contributed by atoms with Gasteiger partial charge in [-0.1, -0.05) is 19.1 Å². The van der Waals surface area contributed by atoms with Gasteiger partial charge in [-0.05, 0) is 43.4 Å². The molecule has 3 unspecified atom stereocenters. The Morgan fingerprint density at radius 2 is 2.13 bits per heavy atom. The minimum Gasteiger partial charge on any atom is -0.370 e. The molecule has 1 heterocycles. The van der Waals surface area contributed by atoms with Crippen LogP contribution in [-0.4, -0.2) is 12.2 Å². The lowest BCUT2D eigenvalue weighted by atomic mass is 9.96. The summed E-state index contributed by atoms with van der Waals surface area (Å²) in [6.45, 7) is 6.09. The van der Waals surface area contributed by atoms with Gasteiger partial charge in [-0.2, -0.15) is 0 Å². The van der Waals surface area contributed by atoms with Crippen LogP contribution < -0.4 is 0 Å². The van der Waals surface area contributed by atoms with Crippen molar-refractivity contribution in [1.29, 1.82) is 0 Å². The van der Waals surface area contributed by atoms with Crippen molar-refractivity contribution in [2.24, 2.45) is 5.92 Å². The summed E-state index contributed by atoms with van der Waals surface area (Å²) in [6, 6.07) is 5.44. The maximum atomic E-state index is 13.6. The Balaban J connectivity index is 2.04. The average molecular weight is 208 g/mol. The van der Waals surface area contributed by atoms with Crippen molar-refractivity contribution in [3.63, 3.8) is 0 Å². The van der Waals surface area contributed by atoms with E-state index in [1.54, 1.807) is 6.07 Å². The van der Waals surface area contributed by atoms with Gasteiger partial charge in [-0.3, -0.25) is 0 Å². The first-order chi connectivity index (χ1) is 7.08. The Labute approximate surface area is 90.3 Å². The molecule has 1 saturated heterocycles. The van der Waals surface area contributed by atoms with Crippen molar-refractivity contribution in [2.45, 2.75) is 39.4 Å². The second-order valence-corrected chi connectivity index (χ2v) is 4.58. The SMILES string of the molecule is Cc1ccc(CC(C)C2OC2C)c(F)c1. The smallest absolute Gasteiger partial charge is 0.126 e. The van der Waals surface area contributed by atoms with Crippen LogP contribution in [0.15, 0.2) is 18.2 Å². The average Bonchev–Trinajstić information content (AvgIpc) is 2.88. The highest BCUT2D eigenvalue weighted by Gasteiger charge is 2.38. The largest absolute Gasteiger partial charge is 0.370 e. The zero-order valence-electron chi connectivity index (χ0n) is 9.46. The summed E-state index contributed by atoms with van der Waals surface area (Å²) in [5.41, 5.74) is 1.77. The van der Waals surface area contributed by atoms with Crippen LogP contribution in [0.4, 0.5) is 4.39 Å². The van der Waals surface area contributed by atoms with Gasteiger partial charge in [0.2, 0.25) is 0 Å². The summed E-state index contributed by atoms with van der Waals surface area (Å²) in [4.78, 5) is 0. The lowest BCUT2D eigenvalue weighted by molar-refractivity contribution is 0.326. The fourth-order valence-electron chi connectivity index (χ4n) is 2.08. The van der Waals surface area contributed by atoms with Crippen LogP contribution in [0.25, 0.3) is 0 Å². The van der Waals surface area contributed by atoms with E-state index in [1.807, 2.05) is 19.1 Å². The van der Waals surface area contributed by atoms with E-state index in [0.717, 1.165) is 17.5 Å². The highest BCUT2D eigenvalue weighted by atomic mass is 19.1. The van der Waals surface area contributed by atoms with E-state index in [1.165, 1.54) is 0 Å². The summed E-state index contributed by atoms with van der Waals surface area (Å²) < 4.78 is 18.9. The number of hydrogen-bond acceptors (Lipinski definition) is 1. The molecule has 1 aromatic carbocycles. The van der Waals surface area contributed by atoms with Gasteiger partial charge >= 0.3 is 0 Å². The third kappa shape index (κ3) is 2.37. The third-order valence-corrected chi connectivity index (χ3v) is 3.07. The molecular formula is C13H17FO. The van der Waals surface area contributed by atoms with Crippen LogP contribution in [0.3, 0.4) is 0 Å². The highest BCUT2D eigenvalue weighted by Crippen LogP contribution is 2.31. The Morgan fingerprint density at radius 1 is 1.47 bits per heavy atom. The molecule has 1 fully saturated rings.